The molecule has 0 unspecified atom stereocenters. The normalized spacial score (nSPS) is 11.4. The van der Waals surface area contributed by atoms with Gasteiger partial charge in [0.15, 0.2) is 0 Å². The highest BCUT2D eigenvalue weighted by molar-refractivity contribution is 6.20. The van der Waals surface area contributed by atoms with Crippen molar-refractivity contribution >= 4 is 17.6 Å². The van der Waals surface area contributed by atoms with E-state index in [9.17, 15) is 9.90 Å². The summed E-state index contributed by atoms with van der Waals surface area (Å²) < 4.78 is 0. The van der Waals surface area contributed by atoms with E-state index in [2.05, 4.69) is 9.97 Å². The number of aromatic nitrogens is 2. The molecule has 19 heavy (non-hydrogen) atoms. The van der Waals surface area contributed by atoms with E-state index in [0.717, 1.165) is 17.0 Å². The Morgan fingerprint density at radius 2 is 1.89 bits per heavy atom. The van der Waals surface area contributed by atoms with E-state index in [4.69, 9.17) is 0 Å². The van der Waals surface area contributed by atoms with Gasteiger partial charge >= 0.3 is 5.97 Å². The quantitative estimate of drug-likeness (QED) is 0.855. The summed E-state index contributed by atoms with van der Waals surface area (Å²) in [7, 11) is 0. The summed E-state index contributed by atoms with van der Waals surface area (Å²) in [5, 5.41) is 9.30. The van der Waals surface area contributed by atoms with Crippen molar-refractivity contribution in [2.24, 2.45) is 0 Å². The Morgan fingerprint density at radius 1 is 1.21 bits per heavy atom. The zero-order chi connectivity index (χ0) is 13.8. The fourth-order valence-corrected chi connectivity index (χ4v) is 1.88. The van der Waals surface area contributed by atoms with E-state index < -0.39 is 5.97 Å². The van der Waals surface area contributed by atoms with Crippen molar-refractivity contribution in [2.75, 3.05) is 0 Å². The molecule has 0 aliphatic carbocycles. The van der Waals surface area contributed by atoms with Crippen LogP contribution in [0.5, 0.6) is 0 Å². The van der Waals surface area contributed by atoms with E-state index in [0.29, 0.717) is 5.69 Å². The van der Waals surface area contributed by atoms with Crippen LogP contribution in [0, 0.1) is 13.8 Å². The highest BCUT2D eigenvalue weighted by Gasteiger charge is 2.11. The molecule has 0 bridgehead atoms. The number of aryl methyl sites for hydroxylation is 2. The maximum atomic E-state index is 11.4. The summed E-state index contributed by atoms with van der Waals surface area (Å²) in [5.41, 5.74) is 3.15. The highest BCUT2D eigenvalue weighted by atomic mass is 16.4. The maximum Gasteiger partial charge on any atom is 0.337 e. The molecular formula is C15H14N2O2. The Morgan fingerprint density at radius 3 is 2.42 bits per heavy atom. The number of carboxylic acids is 1. The molecule has 2 aromatic heterocycles. The lowest BCUT2D eigenvalue weighted by Crippen LogP contribution is -2.01. The molecule has 0 atom stereocenters. The molecule has 1 N–H and O–H groups in total. The average molecular weight is 254 g/mol. The van der Waals surface area contributed by atoms with E-state index in [-0.39, 0.29) is 5.57 Å². The average Bonchev–Trinajstić information content (AvgIpc) is 2.35. The largest absolute Gasteiger partial charge is 0.478 e. The van der Waals surface area contributed by atoms with Gasteiger partial charge in [-0.15, -0.1) is 0 Å². The molecule has 0 aliphatic rings. The first-order valence-corrected chi connectivity index (χ1v) is 5.88. The van der Waals surface area contributed by atoms with Crippen molar-refractivity contribution in [3.63, 3.8) is 0 Å². The second-order valence-corrected chi connectivity index (χ2v) is 4.26. The van der Waals surface area contributed by atoms with Gasteiger partial charge in [-0.3, -0.25) is 9.97 Å². The van der Waals surface area contributed by atoms with E-state index in [1.54, 1.807) is 30.5 Å². The van der Waals surface area contributed by atoms with Crippen LogP contribution < -0.4 is 0 Å². The molecule has 0 aromatic carbocycles. The summed E-state index contributed by atoms with van der Waals surface area (Å²) in [6, 6.07) is 8.89. The minimum absolute atomic E-state index is 0.172. The number of nitrogens with zero attached hydrogens (tertiary/aromatic N) is 2. The standard InChI is InChI=1S/C15H14N2O2/c1-10-7-12(8-11(2)17-10)9-13(15(18)19)14-5-3-4-6-16-14/h3-9H,1-2H3,(H,18,19). The third-order valence-corrected chi connectivity index (χ3v) is 2.59. The van der Waals surface area contributed by atoms with Crippen molar-refractivity contribution in [3.05, 3.63) is 59.2 Å². The number of pyridine rings is 2. The van der Waals surface area contributed by atoms with Gasteiger partial charge in [0.25, 0.3) is 0 Å². The van der Waals surface area contributed by atoms with Gasteiger partial charge in [0.05, 0.1) is 11.3 Å². The molecule has 0 saturated carbocycles. The predicted molar refractivity (Wildman–Crippen MR) is 73.5 cm³/mol. The highest BCUT2D eigenvalue weighted by Crippen LogP contribution is 2.17. The molecule has 2 heterocycles. The Balaban J connectivity index is 2.50. The lowest BCUT2D eigenvalue weighted by molar-refractivity contribution is -0.130. The van der Waals surface area contributed by atoms with Crippen molar-refractivity contribution < 1.29 is 9.90 Å². The summed E-state index contributed by atoms with van der Waals surface area (Å²) in [5.74, 6) is -0.995. The van der Waals surface area contributed by atoms with E-state index in [1.165, 1.54) is 0 Å². The third-order valence-electron chi connectivity index (χ3n) is 2.59. The summed E-state index contributed by atoms with van der Waals surface area (Å²) in [4.78, 5) is 19.7. The molecule has 0 saturated heterocycles. The zero-order valence-electron chi connectivity index (χ0n) is 10.8. The van der Waals surface area contributed by atoms with E-state index in [1.807, 2.05) is 26.0 Å². The molecule has 96 valence electrons. The Bertz CT molecular complexity index is 614. The van der Waals surface area contributed by atoms with Gasteiger partial charge in [0.2, 0.25) is 0 Å². The number of hydrogen-bond acceptors (Lipinski definition) is 3. The van der Waals surface area contributed by atoms with Crippen LogP contribution in [-0.2, 0) is 4.79 Å². The van der Waals surface area contributed by atoms with Crippen molar-refractivity contribution in [1.29, 1.82) is 0 Å². The molecular weight excluding hydrogens is 240 g/mol. The van der Waals surface area contributed by atoms with E-state index >= 15 is 0 Å². The molecule has 0 fully saturated rings. The topological polar surface area (TPSA) is 63.1 Å². The Hall–Kier alpha value is -2.49. The molecule has 0 radical (unpaired) electrons. The van der Waals surface area contributed by atoms with Crippen molar-refractivity contribution in [1.82, 2.24) is 9.97 Å². The zero-order valence-corrected chi connectivity index (χ0v) is 10.8. The first-order valence-electron chi connectivity index (χ1n) is 5.88. The molecule has 0 spiro atoms. The van der Waals surface area contributed by atoms with Crippen LogP contribution in [0.2, 0.25) is 0 Å². The Kier molecular flexibility index (Phi) is 3.71. The molecule has 0 amide bonds. The van der Waals surface area contributed by atoms with Gasteiger partial charge in [-0.25, -0.2) is 4.79 Å². The van der Waals surface area contributed by atoms with Crippen LogP contribution in [-0.4, -0.2) is 21.0 Å². The number of aliphatic carboxylic acids is 1. The number of carboxylic acid groups (broad SMARTS) is 1. The molecule has 2 rings (SSSR count). The number of carbonyl (C=O) groups is 1. The van der Waals surface area contributed by atoms with Crippen LogP contribution in [0.4, 0.5) is 0 Å². The van der Waals surface area contributed by atoms with Gasteiger partial charge in [-0.2, -0.15) is 0 Å². The summed E-state index contributed by atoms with van der Waals surface area (Å²) in [6.07, 6.45) is 3.20. The fraction of sp³-hybridized carbons (Fsp3) is 0.133. The maximum absolute atomic E-state index is 11.4. The smallest absolute Gasteiger partial charge is 0.337 e. The first kappa shape index (κ1) is 13.0. The van der Waals surface area contributed by atoms with Crippen LogP contribution in [0.15, 0.2) is 36.5 Å². The van der Waals surface area contributed by atoms with Gasteiger partial charge in [0, 0.05) is 17.6 Å². The molecule has 4 nitrogen and oxygen atoms in total. The monoisotopic (exact) mass is 254 g/mol. The van der Waals surface area contributed by atoms with Gasteiger partial charge in [0.1, 0.15) is 0 Å². The SMILES string of the molecule is Cc1cc(C=C(C(=O)O)c2ccccn2)cc(C)n1. The fourth-order valence-electron chi connectivity index (χ4n) is 1.88. The lowest BCUT2D eigenvalue weighted by atomic mass is 10.1. The second-order valence-electron chi connectivity index (χ2n) is 4.26. The number of rotatable bonds is 3. The summed E-state index contributed by atoms with van der Waals surface area (Å²) >= 11 is 0. The van der Waals surface area contributed by atoms with Crippen LogP contribution in [0.1, 0.15) is 22.6 Å². The van der Waals surface area contributed by atoms with Crippen LogP contribution in [0.3, 0.4) is 0 Å². The van der Waals surface area contributed by atoms with Crippen LogP contribution in [0.25, 0.3) is 11.6 Å². The van der Waals surface area contributed by atoms with Gasteiger partial charge < -0.3 is 5.11 Å². The van der Waals surface area contributed by atoms with Gasteiger partial charge in [-0.1, -0.05) is 6.07 Å². The molecule has 2 aromatic rings. The second kappa shape index (κ2) is 5.44. The van der Waals surface area contributed by atoms with Crippen LogP contribution >= 0.6 is 0 Å². The molecule has 4 heteroatoms. The minimum atomic E-state index is -0.995. The van der Waals surface area contributed by atoms with Gasteiger partial charge in [-0.05, 0) is 49.8 Å². The Labute approximate surface area is 111 Å². The first-order chi connectivity index (χ1) is 9.06. The number of hydrogen-bond donors (Lipinski definition) is 1. The summed E-state index contributed by atoms with van der Waals surface area (Å²) in [6.45, 7) is 3.76. The molecule has 0 aliphatic heterocycles. The third kappa shape index (κ3) is 3.25. The lowest BCUT2D eigenvalue weighted by Gasteiger charge is -2.03. The minimum Gasteiger partial charge on any atom is -0.478 e. The predicted octanol–water partition coefficient (Wildman–Crippen LogP) is 2.72. The van der Waals surface area contributed by atoms with Crippen molar-refractivity contribution in [3.8, 4) is 0 Å². The van der Waals surface area contributed by atoms with Crippen molar-refractivity contribution in [2.45, 2.75) is 13.8 Å².